The number of hydrogen-bond donors (Lipinski definition) is 1. The number of thiazole rings is 1. The predicted octanol–water partition coefficient (Wildman–Crippen LogP) is 4.99. The van der Waals surface area contributed by atoms with E-state index in [1.807, 2.05) is 37.3 Å². The van der Waals surface area contributed by atoms with Gasteiger partial charge in [-0.05, 0) is 44.7 Å². The Labute approximate surface area is 150 Å². The number of rotatable bonds is 3. The Hall–Kier alpha value is -2.34. The van der Waals surface area contributed by atoms with E-state index in [-0.39, 0.29) is 12.1 Å². The van der Waals surface area contributed by atoms with Gasteiger partial charge in [0.25, 0.3) is 0 Å². The monoisotopic (exact) mass is 355 g/mol. The van der Waals surface area contributed by atoms with Crippen LogP contribution in [0.1, 0.15) is 42.1 Å². The van der Waals surface area contributed by atoms with Crippen LogP contribution in [-0.2, 0) is 12.8 Å². The van der Waals surface area contributed by atoms with Crippen LogP contribution >= 0.6 is 11.3 Å². The van der Waals surface area contributed by atoms with Crippen LogP contribution in [0.2, 0.25) is 0 Å². The molecule has 6 heteroatoms. The van der Waals surface area contributed by atoms with E-state index in [1.54, 1.807) is 23.3 Å². The average Bonchev–Trinajstić information content (AvgIpc) is 3.23. The van der Waals surface area contributed by atoms with Gasteiger partial charge < -0.3 is 9.32 Å². The van der Waals surface area contributed by atoms with Crippen molar-refractivity contribution in [1.82, 2.24) is 9.88 Å². The van der Waals surface area contributed by atoms with Crippen LogP contribution in [0.4, 0.5) is 9.93 Å². The first-order chi connectivity index (χ1) is 12.1. The molecule has 130 valence electrons. The number of nitrogens with one attached hydrogen (secondary N) is 1. The minimum atomic E-state index is -0.168. The van der Waals surface area contributed by atoms with Gasteiger partial charge in [0.2, 0.25) is 0 Å². The maximum atomic E-state index is 12.6. The van der Waals surface area contributed by atoms with Gasteiger partial charge >= 0.3 is 6.03 Å². The van der Waals surface area contributed by atoms with E-state index in [0.717, 1.165) is 35.3 Å². The molecule has 0 spiro atoms. The molecular weight excluding hydrogens is 334 g/mol. The third-order valence-corrected chi connectivity index (χ3v) is 5.89. The van der Waals surface area contributed by atoms with Crippen molar-refractivity contribution < 1.29 is 9.21 Å². The van der Waals surface area contributed by atoms with Gasteiger partial charge in [-0.15, -0.1) is 11.3 Å². The summed E-state index contributed by atoms with van der Waals surface area (Å²) in [5.41, 5.74) is 1.99. The molecular formula is C19H21N3O2S. The lowest BCUT2D eigenvalue weighted by molar-refractivity contribution is 0.201. The number of benzene rings is 1. The van der Waals surface area contributed by atoms with Crippen molar-refractivity contribution in [2.75, 3.05) is 12.4 Å². The highest BCUT2D eigenvalue weighted by atomic mass is 32.1. The number of para-hydroxylation sites is 1. The Kier molecular flexibility index (Phi) is 4.21. The number of furan rings is 1. The Morgan fingerprint density at radius 2 is 2.12 bits per heavy atom. The molecule has 1 aliphatic carbocycles. The van der Waals surface area contributed by atoms with Gasteiger partial charge in [-0.25, -0.2) is 9.78 Å². The van der Waals surface area contributed by atoms with Gasteiger partial charge in [-0.1, -0.05) is 18.2 Å². The number of amides is 2. The van der Waals surface area contributed by atoms with Crippen molar-refractivity contribution >= 4 is 33.5 Å². The molecule has 2 aromatic heterocycles. The number of fused-ring (bicyclic) bond motifs is 2. The summed E-state index contributed by atoms with van der Waals surface area (Å²) in [7, 11) is 1.78. The lowest BCUT2D eigenvalue weighted by atomic mass is 10.0. The van der Waals surface area contributed by atoms with Crippen LogP contribution in [0, 0.1) is 0 Å². The number of hydrogen-bond acceptors (Lipinski definition) is 4. The lowest BCUT2D eigenvalue weighted by Crippen LogP contribution is -2.33. The molecule has 0 aliphatic heterocycles. The Morgan fingerprint density at radius 3 is 2.92 bits per heavy atom. The van der Waals surface area contributed by atoms with Gasteiger partial charge in [-0.2, -0.15) is 0 Å². The van der Waals surface area contributed by atoms with Gasteiger partial charge in [0.15, 0.2) is 5.13 Å². The van der Waals surface area contributed by atoms with E-state index in [2.05, 4.69) is 10.3 Å². The van der Waals surface area contributed by atoms with Crippen LogP contribution < -0.4 is 5.32 Å². The van der Waals surface area contributed by atoms with E-state index in [9.17, 15) is 4.79 Å². The number of anilines is 1. The summed E-state index contributed by atoms with van der Waals surface area (Å²) in [4.78, 5) is 20.1. The Morgan fingerprint density at radius 1 is 1.32 bits per heavy atom. The summed E-state index contributed by atoms with van der Waals surface area (Å²) in [6.07, 6.45) is 4.50. The van der Waals surface area contributed by atoms with Crippen LogP contribution in [0.3, 0.4) is 0 Å². The molecule has 1 unspecified atom stereocenters. The fraction of sp³-hybridized carbons (Fsp3) is 0.368. The third-order valence-electron chi connectivity index (χ3n) is 4.82. The number of nitrogens with zero attached hydrogens (tertiary/aromatic N) is 2. The second-order valence-corrected chi connectivity index (χ2v) is 7.58. The highest BCUT2D eigenvalue weighted by molar-refractivity contribution is 7.15. The van der Waals surface area contributed by atoms with Crippen LogP contribution in [0.25, 0.3) is 11.0 Å². The fourth-order valence-electron chi connectivity index (χ4n) is 3.16. The van der Waals surface area contributed by atoms with Crippen molar-refractivity contribution in [2.45, 2.75) is 38.6 Å². The van der Waals surface area contributed by atoms with Crippen molar-refractivity contribution in [3.05, 3.63) is 46.7 Å². The summed E-state index contributed by atoms with van der Waals surface area (Å²) in [5, 5.41) is 4.68. The number of carbonyl (C=O) groups excluding carboxylic acids is 1. The molecule has 0 fully saturated rings. The number of aromatic nitrogens is 1. The Balaban J connectivity index is 1.48. The summed E-state index contributed by atoms with van der Waals surface area (Å²) >= 11 is 1.60. The van der Waals surface area contributed by atoms with Crippen molar-refractivity contribution in [1.29, 1.82) is 0 Å². The normalized spacial score (nSPS) is 15.0. The zero-order chi connectivity index (χ0) is 17.4. The predicted molar refractivity (Wildman–Crippen MR) is 100 cm³/mol. The van der Waals surface area contributed by atoms with E-state index < -0.39 is 0 Å². The molecule has 1 atom stereocenters. The smallest absolute Gasteiger partial charge is 0.324 e. The molecule has 1 aliphatic rings. The van der Waals surface area contributed by atoms with Gasteiger partial charge in [-0.3, -0.25) is 5.32 Å². The Bertz CT molecular complexity index is 858. The number of urea groups is 1. The number of carbonyl (C=O) groups is 1. The molecule has 5 nitrogen and oxygen atoms in total. The van der Waals surface area contributed by atoms with E-state index in [1.165, 1.54) is 17.7 Å². The molecule has 0 saturated carbocycles. The van der Waals surface area contributed by atoms with E-state index in [4.69, 9.17) is 4.42 Å². The summed E-state index contributed by atoms with van der Waals surface area (Å²) in [6.45, 7) is 1.96. The van der Waals surface area contributed by atoms with Gasteiger partial charge in [0, 0.05) is 17.3 Å². The topological polar surface area (TPSA) is 58.4 Å². The first kappa shape index (κ1) is 16.1. The van der Waals surface area contributed by atoms with E-state index >= 15 is 0 Å². The first-order valence-corrected chi connectivity index (χ1v) is 9.44. The van der Waals surface area contributed by atoms with E-state index in [0.29, 0.717) is 5.13 Å². The molecule has 0 radical (unpaired) electrons. The molecule has 0 bridgehead atoms. The molecule has 3 aromatic rings. The zero-order valence-electron chi connectivity index (χ0n) is 14.4. The summed E-state index contributed by atoms with van der Waals surface area (Å²) in [6, 6.07) is 9.53. The average molecular weight is 355 g/mol. The maximum Gasteiger partial charge on any atom is 0.324 e. The maximum absolute atomic E-state index is 12.6. The largest absolute Gasteiger partial charge is 0.459 e. The van der Waals surface area contributed by atoms with Crippen LogP contribution in [0.15, 0.2) is 34.7 Å². The highest BCUT2D eigenvalue weighted by Gasteiger charge is 2.23. The lowest BCUT2D eigenvalue weighted by Gasteiger charge is -2.22. The molecule has 0 saturated heterocycles. The van der Waals surface area contributed by atoms with Gasteiger partial charge in [0.1, 0.15) is 11.3 Å². The molecule has 4 rings (SSSR count). The third kappa shape index (κ3) is 3.14. The highest BCUT2D eigenvalue weighted by Crippen LogP contribution is 2.31. The molecule has 1 N–H and O–H groups in total. The fourth-order valence-corrected chi connectivity index (χ4v) is 4.20. The SMILES string of the molecule is CC(c1cc2ccccc2o1)N(C)C(=O)Nc1nc2c(s1)CCCC2. The zero-order valence-corrected chi connectivity index (χ0v) is 15.2. The number of aryl methyl sites for hydroxylation is 2. The second-order valence-electron chi connectivity index (χ2n) is 6.50. The van der Waals surface area contributed by atoms with Gasteiger partial charge in [0.05, 0.1) is 11.7 Å². The molecule has 2 amide bonds. The summed E-state index contributed by atoms with van der Waals surface area (Å²) < 4.78 is 5.88. The quantitative estimate of drug-likeness (QED) is 0.720. The molecule has 2 heterocycles. The first-order valence-electron chi connectivity index (χ1n) is 8.62. The summed E-state index contributed by atoms with van der Waals surface area (Å²) in [5.74, 6) is 0.775. The van der Waals surface area contributed by atoms with Crippen molar-refractivity contribution in [3.63, 3.8) is 0 Å². The minimum Gasteiger partial charge on any atom is -0.459 e. The van der Waals surface area contributed by atoms with Crippen molar-refractivity contribution in [2.24, 2.45) is 0 Å². The second kappa shape index (κ2) is 6.52. The van der Waals surface area contributed by atoms with Crippen molar-refractivity contribution in [3.8, 4) is 0 Å². The van der Waals surface area contributed by atoms with Crippen LogP contribution in [0.5, 0.6) is 0 Å². The molecule has 25 heavy (non-hydrogen) atoms. The standard InChI is InChI=1S/C19H21N3O2S/c1-12(16-11-13-7-3-5-9-15(13)24-16)22(2)19(23)21-18-20-14-8-4-6-10-17(14)25-18/h3,5,7,9,11-12H,4,6,8,10H2,1-2H3,(H,20,21,23). The minimum absolute atomic E-state index is 0.165. The molecule has 1 aromatic carbocycles. The van der Waals surface area contributed by atoms with Crippen LogP contribution in [-0.4, -0.2) is 23.0 Å².